The van der Waals surface area contributed by atoms with Gasteiger partial charge < -0.3 is 33.2 Å². The largest absolute Gasteiger partial charge is 0.390 e. The number of piperazine rings is 1. The number of carbonyl (C=O) groups excluding carboxylic acids is 3. The van der Waals surface area contributed by atoms with E-state index in [1.165, 1.54) is 15.4 Å². The molecule has 234 valence electrons. The molecule has 1 aromatic carbocycles. The molecular formula is C26H38N10O5S2. The molecule has 1 aliphatic rings. The van der Waals surface area contributed by atoms with E-state index in [2.05, 4.69) is 20.3 Å². The molecule has 43 heavy (non-hydrogen) atoms. The molecular weight excluding hydrogens is 596 g/mol. The molecule has 0 radical (unpaired) electrons. The van der Waals surface area contributed by atoms with Crippen LogP contribution < -0.4 is 28.3 Å². The van der Waals surface area contributed by atoms with Gasteiger partial charge in [-0.1, -0.05) is 30.3 Å². The Morgan fingerprint density at radius 1 is 1.07 bits per heavy atom. The molecule has 0 aliphatic carbocycles. The van der Waals surface area contributed by atoms with Crippen LogP contribution in [-0.2, 0) is 25.4 Å². The molecule has 1 fully saturated rings. The number of Topliss-reactive ketones (excluding diaryl/α,β-unsaturated/α-hetero) is 1. The van der Waals surface area contributed by atoms with Crippen molar-refractivity contribution >= 4 is 51.6 Å². The summed E-state index contributed by atoms with van der Waals surface area (Å²) in [6.07, 6.45) is 2.84. The number of ketones is 1. The zero-order valence-corrected chi connectivity index (χ0v) is 25.2. The topological polar surface area (TPSA) is 246 Å². The Labute approximate surface area is 254 Å². The molecule has 3 rings (SSSR count). The summed E-state index contributed by atoms with van der Waals surface area (Å²) in [5, 5.41) is 4.55. The Hall–Kier alpha value is -3.77. The van der Waals surface area contributed by atoms with Gasteiger partial charge in [0, 0.05) is 24.7 Å². The Morgan fingerprint density at radius 3 is 2.37 bits per heavy atom. The summed E-state index contributed by atoms with van der Waals surface area (Å²) in [5.74, 6) is -1.84. The normalized spacial score (nSPS) is 18.6. The first-order chi connectivity index (χ1) is 20.6. The predicted octanol–water partition coefficient (Wildman–Crippen LogP) is -1.04. The van der Waals surface area contributed by atoms with Crippen LogP contribution in [0.3, 0.4) is 0 Å². The average Bonchev–Trinajstić information content (AvgIpc) is 3.51. The van der Waals surface area contributed by atoms with E-state index in [1.54, 1.807) is 35.7 Å². The second-order valence-electron chi connectivity index (χ2n) is 9.84. The molecule has 0 bridgehead atoms. The lowest BCUT2D eigenvalue weighted by Crippen LogP contribution is -2.60. The molecule has 0 saturated carbocycles. The highest BCUT2D eigenvalue weighted by atomic mass is 32.2. The fraction of sp³-hybridized carbons (Fsp3) is 0.462. The summed E-state index contributed by atoms with van der Waals surface area (Å²) < 4.78 is 28.1. The van der Waals surface area contributed by atoms with Gasteiger partial charge in [0.15, 0.2) is 5.01 Å². The molecule has 1 aliphatic heterocycles. The molecule has 17 heteroatoms. The number of nitrogens with one attached hydrogen (secondary N) is 1. The van der Waals surface area contributed by atoms with Gasteiger partial charge in [0.05, 0.1) is 43.3 Å². The van der Waals surface area contributed by atoms with Crippen molar-refractivity contribution in [2.24, 2.45) is 32.9 Å². The summed E-state index contributed by atoms with van der Waals surface area (Å²) in [4.78, 5) is 52.9. The van der Waals surface area contributed by atoms with E-state index < -0.39 is 52.0 Å². The lowest BCUT2D eigenvalue weighted by Gasteiger charge is -2.40. The van der Waals surface area contributed by atoms with Crippen molar-refractivity contribution in [3.8, 4) is 0 Å². The van der Waals surface area contributed by atoms with Crippen molar-refractivity contribution in [1.29, 1.82) is 0 Å². The number of carbonyl (C=O) groups is 3. The van der Waals surface area contributed by atoms with E-state index in [0.29, 0.717) is 5.56 Å². The first kappa shape index (κ1) is 33.7. The zero-order valence-electron chi connectivity index (χ0n) is 23.6. The van der Waals surface area contributed by atoms with Crippen LogP contribution in [0, 0.1) is 0 Å². The maximum absolute atomic E-state index is 13.7. The minimum Gasteiger partial charge on any atom is -0.390 e. The monoisotopic (exact) mass is 634 g/mol. The number of benzene rings is 1. The van der Waals surface area contributed by atoms with Gasteiger partial charge in [-0.15, -0.1) is 11.3 Å². The van der Waals surface area contributed by atoms with Crippen molar-refractivity contribution in [1.82, 2.24) is 19.5 Å². The third-order valence-corrected chi connectivity index (χ3v) is 9.39. The fourth-order valence-corrected chi connectivity index (χ4v) is 7.01. The second kappa shape index (κ2) is 16.2. The molecule has 1 aromatic heterocycles. The lowest BCUT2D eigenvalue weighted by atomic mass is 10.1. The maximum Gasteiger partial charge on any atom is 0.241 e. The number of rotatable bonds is 16. The van der Waals surface area contributed by atoms with E-state index in [-0.39, 0.29) is 56.1 Å². The van der Waals surface area contributed by atoms with Gasteiger partial charge in [0.2, 0.25) is 27.6 Å². The van der Waals surface area contributed by atoms with Gasteiger partial charge in [-0.3, -0.25) is 24.4 Å². The Kier molecular flexibility index (Phi) is 12.7. The van der Waals surface area contributed by atoms with Crippen LogP contribution in [0.25, 0.3) is 0 Å². The number of thiazole rings is 1. The van der Waals surface area contributed by atoms with E-state index in [0.717, 1.165) is 24.0 Å². The highest BCUT2D eigenvalue weighted by Crippen LogP contribution is 2.23. The number of sulfonamides is 1. The highest BCUT2D eigenvalue weighted by Gasteiger charge is 2.41. The van der Waals surface area contributed by atoms with Crippen LogP contribution in [-0.4, -0.2) is 96.9 Å². The molecule has 4 atom stereocenters. The summed E-state index contributed by atoms with van der Waals surface area (Å²) in [6, 6.07) is 6.57. The minimum atomic E-state index is -3.91. The Morgan fingerprint density at radius 2 is 1.74 bits per heavy atom. The third-order valence-electron chi connectivity index (χ3n) is 6.76. The number of hydrogen-bond acceptors (Lipinski definition) is 11. The van der Waals surface area contributed by atoms with Crippen LogP contribution in [0.2, 0.25) is 0 Å². The van der Waals surface area contributed by atoms with E-state index in [9.17, 15) is 22.8 Å². The van der Waals surface area contributed by atoms with Crippen LogP contribution in [0.15, 0.2) is 51.9 Å². The maximum atomic E-state index is 13.7. The quantitative estimate of drug-likeness (QED) is 0.0852. The molecule has 1 saturated heterocycles. The van der Waals surface area contributed by atoms with Crippen LogP contribution in [0.5, 0.6) is 0 Å². The molecule has 9 N–H and O–H groups in total. The molecule has 2 heterocycles. The van der Waals surface area contributed by atoms with Crippen molar-refractivity contribution < 1.29 is 22.8 Å². The molecule has 15 nitrogen and oxygen atoms in total. The SMILES string of the molecule is N/C=N/C(N)CC[C@H](NC(=O)CN1CCN(S(=O)(=O)Cc2ccccc2)[C@@H](CCC(N)/N=C/N)C1=O)C(=O)c1nccs1. The van der Waals surface area contributed by atoms with E-state index in [1.807, 2.05) is 0 Å². The van der Waals surface area contributed by atoms with Crippen molar-refractivity contribution in [2.75, 3.05) is 19.6 Å². The Bertz CT molecular complexity index is 1370. The first-order valence-corrected chi connectivity index (χ1v) is 16.1. The number of amides is 2. The van der Waals surface area contributed by atoms with E-state index >= 15 is 0 Å². The molecule has 2 amide bonds. The first-order valence-electron chi connectivity index (χ1n) is 13.6. The van der Waals surface area contributed by atoms with Crippen LogP contribution in [0.4, 0.5) is 0 Å². The fourth-order valence-electron chi connectivity index (χ4n) is 4.66. The van der Waals surface area contributed by atoms with Gasteiger partial charge >= 0.3 is 0 Å². The summed E-state index contributed by atoms with van der Waals surface area (Å²) in [5.41, 5.74) is 23.0. The zero-order chi connectivity index (χ0) is 31.4. The minimum absolute atomic E-state index is 0.0229. The van der Waals surface area contributed by atoms with Gasteiger partial charge in [-0.25, -0.2) is 13.4 Å². The molecule has 0 spiro atoms. The third kappa shape index (κ3) is 9.89. The number of aromatic nitrogens is 1. The number of nitrogens with two attached hydrogens (primary N) is 4. The van der Waals surface area contributed by atoms with Gasteiger partial charge in [0.25, 0.3) is 0 Å². The number of hydrogen-bond donors (Lipinski definition) is 5. The summed E-state index contributed by atoms with van der Waals surface area (Å²) in [6.45, 7) is -0.434. The highest BCUT2D eigenvalue weighted by molar-refractivity contribution is 7.88. The average molecular weight is 635 g/mol. The van der Waals surface area contributed by atoms with E-state index in [4.69, 9.17) is 22.9 Å². The molecule has 2 aromatic rings. The lowest BCUT2D eigenvalue weighted by molar-refractivity contribution is -0.142. The van der Waals surface area contributed by atoms with Crippen LogP contribution >= 0.6 is 11.3 Å². The summed E-state index contributed by atoms with van der Waals surface area (Å²) >= 11 is 1.13. The number of nitrogens with zero attached hydrogens (tertiary/aromatic N) is 5. The molecule has 2 unspecified atom stereocenters. The van der Waals surface area contributed by atoms with Gasteiger partial charge in [-0.2, -0.15) is 4.31 Å². The summed E-state index contributed by atoms with van der Waals surface area (Å²) in [7, 11) is -3.91. The smallest absolute Gasteiger partial charge is 0.241 e. The Balaban J connectivity index is 1.75. The van der Waals surface area contributed by atoms with Gasteiger partial charge in [-0.05, 0) is 31.2 Å². The van der Waals surface area contributed by atoms with Crippen molar-refractivity contribution in [3.63, 3.8) is 0 Å². The van der Waals surface area contributed by atoms with Crippen molar-refractivity contribution in [3.05, 3.63) is 52.5 Å². The van der Waals surface area contributed by atoms with Crippen molar-refractivity contribution in [2.45, 2.75) is 55.9 Å². The standard InChI is InChI=1S/C26H38N10O5S2/c27-16-32-21(29)8-6-19(24(38)25-31-10-13-42-25)34-23(37)14-35-11-12-36(20(26(35)39)7-9-22(30)33-17-28)43(40,41)15-18-4-2-1-3-5-18/h1-5,10,13,16-17,19-22H,6-9,11-12,14-15,29-30H2,(H2,27,32)(H2,28,33)(H,34,37)/t19-,20-,21?,22?/m0/s1. The van der Waals surface area contributed by atoms with Gasteiger partial charge in [0.1, 0.15) is 6.04 Å². The van der Waals surface area contributed by atoms with Crippen LogP contribution in [0.1, 0.15) is 41.0 Å². The predicted molar refractivity (Wildman–Crippen MR) is 164 cm³/mol. The second-order valence-corrected chi connectivity index (χ2v) is 12.7. The number of aliphatic imine (C=N–C) groups is 2.